The van der Waals surface area contributed by atoms with E-state index in [-0.39, 0.29) is 11.9 Å². The summed E-state index contributed by atoms with van der Waals surface area (Å²) in [5, 5.41) is 0. The third-order valence-corrected chi connectivity index (χ3v) is 7.79. The predicted octanol–water partition coefficient (Wildman–Crippen LogP) is 4.46. The van der Waals surface area contributed by atoms with Crippen LogP contribution in [0, 0.1) is 11.8 Å². The first-order valence-electron chi connectivity index (χ1n) is 9.96. The summed E-state index contributed by atoms with van der Waals surface area (Å²) in [6.07, 6.45) is 5.78. The van der Waals surface area contributed by atoms with Crippen LogP contribution in [0.3, 0.4) is 0 Å². The van der Waals surface area contributed by atoms with Crippen LogP contribution in [0.15, 0.2) is 42.0 Å². The van der Waals surface area contributed by atoms with E-state index in [0.717, 1.165) is 25.1 Å². The van der Waals surface area contributed by atoms with Crippen LogP contribution >= 0.6 is 11.3 Å². The van der Waals surface area contributed by atoms with Gasteiger partial charge in [0.25, 0.3) is 0 Å². The fraction of sp³-hybridized carbons (Fsp3) is 0.435. The Kier molecular flexibility index (Phi) is 4.52. The number of thiophene rings is 1. The molecule has 4 fully saturated rings. The van der Waals surface area contributed by atoms with Gasteiger partial charge in [-0.2, -0.15) is 0 Å². The maximum Gasteiger partial charge on any atom is 0.310 e. The Labute approximate surface area is 169 Å². The van der Waals surface area contributed by atoms with Crippen LogP contribution in [-0.2, 0) is 9.53 Å². The molecule has 4 nitrogen and oxygen atoms in total. The van der Waals surface area contributed by atoms with E-state index in [1.807, 2.05) is 12.1 Å². The van der Waals surface area contributed by atoms with E-state index in [4.69, 9.17) is 9.47 Å². The molecule has 0 amide bonds. The molecular weight excluding hydrogens is 370 g/mol. The first-order valence-corrected chi connectivity index (χ1v) is 10.8. The molecule has 0 N–H and O–H groups in total. The Morgan fingerprint density at radius 3 is 2.71 bits per heavy atom. The smallest absolute Gasteiger partial charge is 0.310 e. The van der Waals surface area contributed by atoms with Crippen LogP contribution in [0.1, 0.15) is 24.1 Å². The van der Waals surface area contributed by atoms with Crippen LogP contribution in [0.25, 0.3) is 16.5 Å². The molecule has 6 rings (SSSR count). The van der Waals surface area contributed by atoms with Gasteiger partial charge in [0.15, 0.2) is 0 Å². The Bertz CT molecular complexity index is 916. The number of hydrogen-bond acceptors (Lipinski definition) is 5. The molecule has 5 unspecified atom stereocenters. The zero-order chi connectivity index (χ0) is 19.3. The minimum Gasteiger partial charge on any atom is -0.497 e. The highest BCUT2D eigenvalue weighted by Crippen LogP contribution is 2.51. The van der Waals surface area contributed by atoms with Gasteiger partial charge in [-0.25, -0.2) is 0 Å². The molecule has 1 aromatic heterocycles. The SMILES string of the molecule is COC(=O)C1C2CC3CCC1N3C/C2=C\c1ccc(-c2ccc(OC)cc2)s1. The summed E-state index contributed by atoms with van der Waals surface area (Å²) in [4.78, 5) is 17.6. The molecule has 0 spiro atoms. The predicted molar refractivity (Wildman–Crippen MR) is 111 cm³/mol. The maximum atomic E-state index is 12.5. The van der Waals surface area contributed by atoms with Gasteiger partial charge in [-0.05, 0) is 73.2 Å². The fourth-order valence-corrected chi connectivity index (χ4v) is 6.39. The van der Waals surface area contributed by atoms with Gasteiger partial charge in [0.2, 0.25) is 0 Å². The Morgan fingerprint density at radius 2 is 1.96 bits per heavy atom. The van der Waals surface area contributed by atoms with Gasteiger partial charge in [0, 0.05) is 28.4 Å². The van der Waals surface area contributed by atoms with Crippen LogP contribution in [0.2, 0.25) is 0 Å². The molecule has 4 saturated heterocycles. The number of benzene rings is 1. The van der Waals surface area contributed by atoms with Crippen molar-refractivity contribution in [2.75, 3.05) is 20.8 Å². The Morgan fingerprint density at radius 1 is 1.14 bits per heavy atom. The number of hydrogen-bond donors (Lipinski definition) is 0. The lowest BCUT2D eigenvalue weighted by molar-refractivity contribution is -0.153. The Hall–Kier alpha value is -2.11. The molecule has 4 aliphatic rings. The van der Waals surface area contributed by atoms with Gasteiger partial charge >= 0.3 is 5.97 Å². The summed E-state index contributed by atoms with van der Waals surface area (Å²) in [7, 11) is 3.21. The summed E-state index contributed by atoms with van der Waals surface area (Å²) in [6, 6.07) is 13.6. The second-order valence-corrected chi connectivity index (χ2v) is 9.13. The lowest BCUT2D eigenvalue weighted by Crippen LogP contribution is -2.58. The van der Waals surface area contributed by atoms with E-state index >= 15 is 0 Å². The molecule has 4 aliphatic heterocycles. The van der Waals surface area contributed by atoms with Crippen molar-refractivity contribution in [2.24, 2.45) is 11.8 Å². The second-order valence-electron chi connectivity index (χ2n) is 8.01. The number of ether oxygens (including phenoxy) is 2. The van der Waals surface area contributed by atoms with Crippen molar-refractivity contribution in [1.29, 1.82) is 0 Å². The summed E-state index contributed by atoms with van der Waals surface area (Å²) in [5.41, 5.74) is 2.60. The van der Waals surface area contributed by atoms with Crippen molar-refractivity contribution in [3.05, 3.63) is 46.8 Å². The van der Waals surface area contributed by atoms with Crippen molar-refractivity contribution >= 4 is 23.4 Å². The van der Waals surface area contributed by atoms with Crippen LogP contribution < -0.4 is 4.74 Å². The van der Waals surface area contributed by atoms with Gasteiger partial charge in [-0.15, -0.1) is 11.3 Å². The first-order chi connectivity index (χ1) is 13.7. The zero-order valence-corrected chi connectivity index (χ0v) is 17.1. The van der Waals surface area contributed by atoms with Gasteiger partial charge < -0.3 is 9.47 Å². The number of rotatable bonds is 4. The second kappa shape index (κ2) is 7.05. The molecule has 0 radical (unpaired) electrons. The number of piperidine rings is 3. The largest absolute Gasteiger partial charge is 0.497 e. The molecule has 0 aliphatic carbocycles. The van der Waals surface area contributed by atoms with Gasteiger partial charge in [0.05, 0.1) is 20.1 Å². The number of nitrogens with zero attached hydrogens (tertiary/aromatic N) is 1. The lowest BCUT2D eigenvalue weighted by atomic mass is 9.71. The average Bonchev–Trinajstić information content (AvgIpc) is 3.32. The summed E-state index contributed by atoms with van der Waals surface area (Å²) in [6.45, 7) is 1.00. The Balaban J connectivity index is 1.42. The van der Waals surface area contributed by atoms with E-state index in [1.165, 1.54) is 34.4 Å². The van der Waals surface area contributed by atoms with Crippen LogP contribution in [0.4, 0.5) is 0 Å². The molecule has 2 aromatic rings. The summed E-state index contributed by atoms with van der Waals surface area (Å²) >= 11 is 1.80. The van der Waals surface area contributed by atoms with Crippen molar-refractivity contribution in [3.63, 3.8) is 0 Å². The molecule has 5 heteroatoms. The third-order valence-electron chi connectivity index (χ3n) is 6.71. The van der Waals surface area contributed by atoms with Crippen molar-refractivity contribution in [2.45, 2.75) is 31.3 Å². The number of esters is 1. The normalized spacial score (nSPS) is 31.9. The number of carbonyl (C=O) groups excluding carboxylic acids is 1. The molecule has 0 saturated carbocycles. The molecule has 146 valence electrons. The lowest BCUT2D eigenvalue weighted by Gasteiger charge is -2.50. The van der Waals surface area contributed by atoms with E-state index in [0.29, 0.717) is 18.0 Å². The van der Waals surface area contributed by atoms with Crippen molar-refractivity contribution in [1.82, 2.24) is 4.90 Å². The molecule has 1 aromatic carbocycles. The van der Waals surface area contributed by atoms with Crippen molar-refractivity contribution in [3.8, 4) is 16.2 Å². The number of fused-ring (bicyclic) bond motifs is 1. The quantitative estimate of drug-likeness (QED) is 0.717. The molecule has 5 atom stereocenters. The third kappa shape index (κ3) is 2.88. The van der Waals surface area contributed by atoms with E-state index in [9.17, 15) is 4.79 Å². The van der Waals surface area contributed by atoms with Gasteiger partial charge in [0.1, 0.15) is 5.75 Å². The van der Waals surface area contributed by atoms with E-state index in [1.54, 1.807) is 18.4 Å². The van der Waals surface area contributed by atoms with Crippen LogP contribution in [0.5, 0.6) is 5.75 Å². The van der Waals surface area contributed by atoms with Crippen molar-refractivity contribution < 1.29 is 14.3 Å². The topological polar surface area (TPSA) is 38.8 Å². The number of carbonyl (C=O) groups is 1. The molecular formula is C23H25NO3S. The van der Waals surface area contributed by atoms with E-state index in [2.05, 4.69) is 35.2 Å². The molecule has 28 heavy (non-hydrogen) atoms. The standard InChI is InChI=1S/C23H25NO3S/c1-26-17-6-3-14(4-7-17)21-10-8-18(28-21)11-15-13-24-16-5-9-20(24)22(19(15)12-16)23(25)27-2/h3-4,6-8,10-11,16,19-20,22H,5,9,12-13H2,1-2H3/b15-11+. The molecule has 4 bridgehead atoms. The monoisotopic (exact) mass is 395 g/mol. The summed E-state index contributed by atoms with van der Waals surface area (Å²) in [5.74, 6) is 1.18. The highest BCUT2D eigenvalue weighted by atomic mass is 32.1. The first kappa shape index (κ1) is 18.0. The zero-order valence-electron chi connectivity index (χ0n) is 16.3. The molecule has 5 heterocycles. The fourth-order valence-electron chi connectivity index (χ4n) is 5.40. The van der Waals surface area contributed by atoms with Gasteiger partial charge in [-0.3, -0.25) is 9.69 Å². The summed E-state index contributed by atoms with van der Waals surface area (Å²) < 4.78 is 10.4. The maximum absolute atomic E-state index is 12.5. The highest BCUT2D eigenvalue weighted by Gasteiger charge is 2.55. The average molecular weight is 396 g/mol. The minimum atomic E-state index is -0.0314. The highest BCUT2D eigenvalue weighted by molar-refractivity contribution is 7.16. The van der Waals surface area contributed by atoms with E-state index < -0.39 is 0 Å². The van der Waals surface area contributed by atoms with Gasteiger partial charge in [-0.1, -0.05) is 5.57 Å². The number of methoxy groups -OCH3 is 2. The van der Waals surface area contributed by atoms with Crippen LogP contribution in [-0.4, -0.2) is 43.7 Å². The minimum absolute atomic E-state index is 0.00442.